The Labute approximate surface area is 114 Å². The van der Waals surface area contributed by atoms with Crippen molar-refractivity contribution in [3.63, 3.8) is 0 Å². The number of carbonyl (C=O) groups is 1. The van der Waals surface area contributed by atoms with E-state index in [1.807, 2.05) is 0 Å². The van der Waals surface area contributed by atoms with Crippen molar-refractivity contribution in [2.45, 2.75) is 18.4 Å². The van der Waals surface area contributed by atoms with Gasteiger partial charge in [-0.3, -0.25) is 4.79 Å². The van der Waals surface area contributed by atoms with Gasteiger partial charge in [0, 0.05) is 11.4 Å². The number of rotatable bonds is 4. The van der Waals surface area contributed by atoms with E-state index in [9.17, 15) is 4.79 Å². The van der Waals surface area contributed by atoms with Crippen LogP contribution in [-0.2, 0) is 0 Å². The molecular weight excluding hydrogens is 305 g/mol. The summed E-state index contributed by atoms with van der Waals surface area (Å²) in [6, 6.07) is 5.25. The number of hydrogen-bond donors (Lipinski definition) is 1. The van der Waals surface area contributed by atoms with Gasteiger partial charge in [-0.15, -0.1) is 11.6 Å². The molecule has 17 heavy (non-hydrogen) atoms. The summed E-state index contributed by atoms with van der Waals surface area (Å²) in [7, 11) is 1.59. The molecule has 1 aliphatic carbocycles. The molecule has 1 saturated carbocycles. The first-order valence-corrected chi connectivity index (χ1v) is 6.65. The fourth-order valence-electron chi connectivity index (χ4n) is 1.56. The minimum Gasteiger partial charge on any atom is -0.496 e. The highest BCUT2D eigenvalue weighted by Gasteiger charge is 2.43. The summed E-state index contributed by atoms with van der Waals surface area (Å²) in [4.78, 5) is 12.0. The number of benzene rings is 1. The molecule has 3 nitrogen and oxygen atoms in total. The number of methoxy groups -OCH3 is 1. The second-order valence-corrected chi connectivity index (χ2v) is 5.34. The number of halogens is 2. The van der Waals surface area contributed by atoms with Crippen molar-refractivity contribution in [2.24, 2.45) is 0 Å². The quantitative estimate of drug-likeness (QED) is 0.867. The van der Waals surface area contributed by atoms with Crippen LogP contribution in [-0.4, -0.2) is 24.4 Å². The van der Waals surface area contributed by atoms with Crippen molar-refractivity contribution in [3.8, 4) is 5.75 Å². The second-order valence-electron chi connectivity index (χ2n) is 4.22. The summed E-state index contributed by atoms with van der Waals surface area (Å²) in [5, 5.41) is 2.97. The first kappa shape index (κ1) is 12.7. The van der Waals surface area contributed by atoms with Crippen LogP contribution in [0.1, 0.15) is 23.2 Å². The highest BCUT2D eigenvalue weighted by molar-refractivity contribution is 9.10. The molecule has 0 bridgehead atoms. The molecule has 0 unspecified atom stereocenters. The lowest BCUT2D eigenvalue weighted by atomic mass is 10.2. The van der Waals surface area contributed by atoms with Crippen LogP contribution in [0.4, 0.5) is 0 Å². The van der Waals surface area contributed by atoms with E-state index < -0.39 is 0 Å². The monoisotopic (exact) mass is 317 g/mol. The van der Waals surface area contributed by atoms with Crippen molar-refractivity contribution in [3.05, 3.63) is 28.2 Å². The Morgan fingerprint density at radius 3 is 2.76 bits per heavy atom. The highest BCUT2D eigenvalue weighted by atomic mass is 79.9. The van der Waals surface area contributed by atoms with Crippen LogP contribution in [0, 0.1) is 0 Å². The minimum absolute atomic E-state index is 0.0912. The minimum atomic E-state index is -0.176. The van der Waals surface area contributed by atoms with Crippen molar-refractivity contribution < 1.29 is 9.53 Å². The summed E-state index contributed by atoms with van der Waals surface area (Å²) in [5.41, 5.74) is 0.430. The molecule has 5 heteroatoms. The lowest BCUT2D eigenvalue weighted by Crippen LogP contribution is -2.38. The molecule has 1 aromatic carbocycles. The van der Waals surface area contributed by atoms with Gasteiger partial charge in [-0.2, -0.15) is 0 Å². The Hall–Kier alpha value is -0.740. The molecule has 0 heterocycles. The van der Waals surface area contributed by atoms with Crippen molar-refractivity contribution >= 4 is 33.4 Å². The number of amides is 1. The van der Waals surface area contributed by atoms with Crippen molar-refractivity contribution in [1.82, 2.24) is 5.32 Å². The maximum atomic E-state index is 12.0. The van der Waals surface area contributed by atoms with E-state index in [1.165, 1.54) is 0 Å². The lowest BCUT2D eigenvalue weighted by Gasteiger charge is -2.14. The molecule has 1 N–H and O–H groups in total. The first-order valence-electron chi connectivity index (χ1n) is 5.32. The number of ether oxygens (including phenoxy) is 1. The Morgan fingerprint density at radius 1 is 1.59 bits per heavy atom. The van der Waals surface area contributed by atoms with E-state index in [0.29, 0.717) is 17.2 Å². The van der Waals surface area contributed by atoms with E-state index in [1.54, 1.807) is 25.3 Å². The van der Waals surface area contributed by atoms with Gasteiger partial charge in [0.15, 0.2) is 0 Å². The van der Waals surface area contributed by atoms with E-state index in [0.717, 1.165) is 17.3 Å². The van der Waals surface area contributed by atoms with E-state index in [-0.39, 0.29) is 11.4 Å². The maximum absolute atomic E-state index is 12.0. The fraction of sp³-hybridized carbons (Fsp3) is 0.417. The standard InChI is InChI=1S/C12H13BrClNO2/c1-17-10-3-2-8(6-9(10)13)11(16)15-12(7-14)4-5-12/h2-3,6H,4-5,7H2,1H3,(H,15,16). The largest absolute Gasteiger partial charge is 0.496 e. The average molecular weight is 319 g/mol. The van der Waals surface area contributed by atoms with Crippen LogP contribution in [0.5, 0.6) is 5.75 Å². The average Bonchev–Trinajstić information content (AvgIpc) is 3.09. The SMILES string of the molecule is COc1ccc(C(=O)NC2(CCl)CC2)cc1Br. The molecule has 0 aromatic heterocycles. The highest BCUT2D eigenvalue weighted by Crippen LogP contribution is 2.36. The third kappa shape index (κ3) is 2.75. The topological polar surface area (TPSA) is 38.3 Å². The van der Waals surface area contributed by atoms with Crippen LogP contribution in [0.2, 0.25) is 0 Å². The summed E-state index contributed by atoms with van der Waals surface area (Å²) >= 11 is 9.18. The van der Waals surface area contributed by atoms with Crippen LogP contribution in [0.15, 0.2) is 22.7 Å². The van der Waals surface area contributed by atoms with Gasteiger partial charge in [0.25, 0.3) is 5.91 Å². The van der Waals surface area contributed by atoms with Crippen LogP contribution in [0.3, 0.4) is 0 Å². The van der Waals surface area contributed by atoms with Crippen LogP contribution < -0.4 is 10.1 Å². The second kappa shape index (κ2) is 4.86. The zero-order valence-electron chi connectivity index (χ0n) is 9.43. The predicted octanol–water partition coefficient (Wildman–Crippen LogP) is 2.96. The number of alkyl halides is 1. The van der Waals surface area contributed by atoms with Gasteiger partial charge >= 0.3 is 0 Å². The summed E-state index contributed by atoms with van der Waals surface area (Å²) in [5.74, 6) is 1.09. The van der Waals surface area contributed by atoms with Crippen LogP contribution >= 0.6 is 27.5 Å². The maximum Gasteiger partial charge on any atom is 0.251 e. The summed E-state index contributed by atoms with van der Waals surface area (Å²) in [6.45, 7) is 0. The first-order chi connectivity index (χ1) is 8.10. The molecule has 0 atom stereocenters. The zero-order valence-corrected chi connectivity index (χ0v) is 11.8. The van der Waals surface area contributed by atoms with Gasteiger partial charge in [-0.05, 0) is 47.0 Å². The third-order valence-corrected chi connectivity index (χ3v) is 4.03. The van der Waals surface area contributed by atoms with Crippen LogP contribution in [0.25, 0.3) is 0 Å². The van der Waals surface area contributed by atoms with Gasteiger partial charge in [-0.1, -0.05) is 0 Å². The number of nitrogens with one attached hydrogen (secondary N) is 1. The molecule has 0 radical (unpaired) electrons. The zero-order chi connectivity index (χ0) is 12.5. The molecule has 1 fully saturated rings. The van der Waals surface area contributed by atoms with E-state index in [4.69, 9.17) is 16.3 Å². The van der Waals surface area contributed by atoms with Gasteiger partial charge in [-0.25, -0.2) is 0 Å². The van der Waals surface area contributed by atoms with Crippen molar-refractivity contribution in [1.29, 1.82) is 0 Å². The Kier molecular flexibility index (Phi) is 3.64. The van der Waals surface area contributed by atoms with E-state index in [2.05, 4.69) is 21.2 Å². The van der Waals surface area contributed by atoms with Crippen molar-refractivity contribution in [2.75, 3.05) is 13.0 Å². The smallest absolute Gasteiger partial charge is 0.251 e. The molecule has 0 aliphatic heterocycles. The van der Waals surface area contributed by atoms with E-state index >= 15 is 0 Å². The predicted molar refractivity (Wildman–Crippen MR) is 70.8 cm³/mol. The van der Waals surface area contributed by atoms with Gasteiger partial charge in [0.05, 0.1) is 17.1 Å². The van der Waals surface area contributed by atoms with Gasteiger partial charge in [0.1, 0.15) is 5.75 Å². The Bertz CT molecular complexity index is 446. The molecule has 1 aromatic rings. The normalized spacial score (nSPS) is 16.4. The molecule has 1 amide bonds. The molecule has 2 rings (SSSR count). The van der Waals surface area contributed by atoms with Gasteiger partial charge < -0.3 is 10.1 Å². The molecular formula is C12H13BrClNO2. The fourth-order valence-corrected chi connectivity index (χ4v) is 2.44. The van der Waals surface area contributed by atoms with Gasteiger partial charge in [0.2, 0.25) is 0 Å². The summed E-state index contributed by atoms with van der Waals surface area (Å²) < 4.78 is 5.88. The Balaban J connectivity index is 2.12. The summed E-state index contributed by atoms with van der Waals surface area (Å²) in [6.07, 6.45) is 1.92. The number of hydrogen-bond acceptors (Lipinski definition) is 2. The lowest BCUT2D eigenvalue weighted by molar-refractivity contribution is 0.0936. The molecule has 92 valence electrons. The number of carbonyl (C=O) groups excluding carboxylic acids is 1. The Morgan fingerprint density at radius 2 is 2.29 bits per heavy atom. The third-order valence-electron chi connectivity index (χ3n) is 2.90. The molecule has 0 spiro atoms. The molecule has 0 saturated heterocycles. The molecule has 1 aliphatic rings.